The summed E-state index contributed by atoms with van der Waals surface area (Å²) in [4.78, 5) is 5.21. The van der Waals surface area contributed by atoms with Gasteiger partial charge in [0.25, 0.3) is 0 Å². The van der Waals surface area contributed by atoms with Gasteiger partial charge >= 0.3 is 0 Å². The highest BCUT2D eigenvalue weighted by molar-refractivity contribution is 4.78. The van der Waals surface area contributed by atoms with Gasteiger partial charge in [-0.1, -0.05) is 12.8 Å². The molecule has 3 heteroatoms. The van der Waals surface area contributed by atoms with Crippen molar-refractivity contribution in [2.45, 2.75) is 44.7 Å². The number of rotatable bonds is 3. The monoisotopic (exact) mass is 211 g/mol. The Morgan fingerprint density at radius 3 is 1.47 bits per heavy atom. The van der Waals surface area contributed by atoms with E-state index in [1.165, 1.54) is 64.7 Å². The Kier molecular flexibility index (Phi) is 4.42. The van der Waals surface area contributed by atoms with Crippen molar-refractivity contribution >= 4 is 0 Å². The molecule has 0 aromatic carbocycles. The third-order valence-corrected chi connectivity index (χ3v) is 3.84. The van der Waals surface area contributed by atoms with Crippen LogP contribution in [0.1, 0.15) is 38.5 Å². The third kappa shape index (κ3) is 2.92. The quantitative estimate of drug-likeness (QED) is 0.762. The van der Waals surface area contributed by atoms with Crippen LogP contribution in [0.2, 0.25) is 0 Å². The lowest BCUT2D eigenvalue weighted by Crippen LogP contribution is -2.55. The van der Waals surface area contributed by atoms with Gasteiger partial charge in [-0.05, 0) is 51.9 Å². The summed E-state index contributed by atoms with van der Waals surface area (Å²) in [7, 11) is 0. The summed E-state index contributed by atoms with van der Waals surface area (Å²) in [5, 5.41) is 0. The van der Waals surface area contributed by atoms with E-state index in [0.717, 1.165) is 6.54 Å². The van der Waals surface area contributed by atoms with Crippen LogP contribution in [0.5, 0.6) is 0 Å². The molecule has 2 heterocycles. The molecule has 0 saturated carbocycles. The fraction of sp³-hybridized carbons (Fsp3) is 1.00. The highest BCUT2D eigenvalue weighted by atomic mass is 15.4. The van der Waals surface area contributed by atoms with E-state index in [4.69, 9.17) is 5.73 Å². The summed E-state index contributed by atoms with van der Waals surface area (Å²) >= 11 is 0. The Morgan fingerprint density at radius 1 is 0.733 bits per heavy atom. The Labute approximate surface area is 93.6 Å². The molecule has 0 spiro atoms. The second-order valence-corrected chi connectivity index (χ2v) is 4.91. The predicted molar refractivity (Wildman–Crippen MR) is 63.7 cm³/mol. The van der Waals surface area contributed by atoms with Crippen molar-refractivity contribution in [1.29, 1.82) is 0 Å². The van der Waals surface area contributed by atoms with Crippen molar-refractivity contribution in [2.24, 2.45) is 5.73 Å². The first kappa shape index (κ1) is 11.4. The third-order valence-electron chi connectivity index (χ3n) is 3.84. The van der Waals surface area contributed by atoms with Crippen LogP contribution in [0.3, 0.4) is 0 Å². The van der Waals surface area contributed by atoms with Crippen LogP contribution in [0.4, 0.5) is 0 Å². The molecule has 2 aliphatic rings. The minimum Gasteiger partial charge on any atom is -0.328 e. The minimum atomic E-state index is 0.533. The topological polar surface area (TPSA) is 32.5 Å². The van der Waals surface area contributed by atoms with Crippen molar-refractivity contribution in [2.75, 3.05) is 32.7 Å². The first-order valence-corrected chi connectivity index (χ1v) is 6.60. The zero-order valence-corrected chi connectivity index (χ0v) is 9.83. The highest BCUT2D eigenvalue weighted by Crippen LogP contribution is 2.18. The summed E-state index contributed by atoms with van der Waals surface area (Å²) in [5.74, 6) is 0. The lowest BCUT2D eigenvalue weighted by molar-refractivity contribution is 0.0229. The maximum atomic E-state index is 5.95. The smallest absolute Gasteiger partial charge is 0.0748 e. The van der Waals surface area contributed by atoms with E-state index in [1.54, 1.807) is 0 Å². The van der Waals surface area contributed by atoms with Gasteiger partial charge in [0.05, 0.1) is 6.17 Å². The molecular formula is C12H25N3. The molecule has 0 radical (unpaired) electrons. The molecule has 2 fully saturated rings. The van der Waals surface area contributed by atoms with Crippen LogP contribution < -0.4 is 5.73 Å². The number of likely N-dealkylation sites (tertiary alicyclic amines) is 2. The van der Waals surface area contributed by atoms with E-state index >= 15 is 0 Å². The average Bonchev–Trinajstić information content (AvgIpc) is 2.33. The van der Waals surface area contributed by atoms with Gasteiger partial charge in [0.15, 0.2) is 0 Å². The van der Waals surface area contributed by atoms with Gasteiger partial charge in [-0.2, -0.15) is 0 Å². The van der Waals surface area contributed by atoms with E-state index in [1.807, 2.05) is 0 Å². The van der Waals surface area contributed by atoms with Gasteiger partial charge in [0, 0.05) is 6.54 Å². The summed E-state index contributed by atoms with van der Waals surface area (Å²) in [6, 6.07) is 0. The first-order valence-electron chi connectivity index (χ1n) is 6.60. The number of nitrogens with zero attached hydrogens (tertiary/aromatic N) is 2. The van der Waals surface area contributed by atoms with E-state index in [9.17, 15) is 0 Å². The molecular weight excluding hydrogens is 186 g/mol. The van der Waals surface area contributed by atoms with Gasteiger partial charge < -0.3 is 5.73 Å². The number of nitrogens with two attached hydrogens (primary N) is 1. The molecule has 2 aliphatic heterocycles. The predicted octanol–water partition coefficient (Wildman–Crippen LogP) is 1.24. The lowest BCUT2D eigenvalue weighted by atomic mass is 10.1. The Hall–Kier alpha value is -0.120. The Bertz CT molecular complexity index is 154. The lowest BCUT2D eigenvalue weighted by Gasteiger charge is -2.42. The fourth-order valence-corrected chi connectivity index (χ4v) is 2.96. The van der Waals surface area contributed by atoms with Crippen LogP contribution in [0, 0.1) is 0 Å². The second kappa shape index (κ2) is 5.83. The first-order chi connectivity index (χ1) is 7.42. The van der Waals surface area contributed by atoms with Gasteiger partial charge in [-0.25, -0.2) is 0 Å². The van der Waals surface area contributed by atoms with Crippen LogP contribution in [0.15, 0.2) is 0 Å². The summed E-state index contributed by atoms with van der Waals surface area (Å²) in [5.41, 5.74) is 5.95. The van der Waals surface area contributed by atoms with Gasteiger partial charge in [0.1, 0.15) is 0 Å². The van der Waals surface area contributed by atoms with E-state index in [2.05, 4.69) is 9.80 Å². The zero-order valence-electron chi connectivity index (χ0n) is 9.83. The number of hydrogen-bond acceptors (Lipinski definition) is 3. The largest absolute Gasteiger partial charge is 0.328 e. The maximum absolute atomic E-state index is 5.95. The molecule has 0 aromatic heterocycles. The molecule has 0 aliphatic carbocycles. The van der Waals surface area contributed by atoms with Gasteiger partial charge in [0.2, 0.25) is 0 Å². The SMILES string of the molecule is NCC(N1CCCCC1)N1CCCCC1. The van der Waals surface area contributed by atoms with Crippen LogP contribution in [-0.2, 0) is 0 Å². The van der Waals surface area contributed by atoms with Crippen LogP contribution in [0.25, 0.3) is 0 Å². The molecule has 0 amide bonds. The van der Waals surface area contributed by atoms with E-state index < -0.39 is 0 Å². The summed E-state index contributed by atoms with van der Waals surface area (Å²) < 4.78 is 0. The average molecular weight is 211 g/mol. The molecule has 0 aromatic rings. The second-order valence-electron chi connectivity index (χ2n) is 4.91. The van der Waals surface area contributed by atoms with Crippen molar-refractivity contribution in [3.05, 3.63) is 0 Å². The fourth-order valence-electron chi connectivity index (χ4n) is 2.96. The molecule has 3 nitrogen and oxygen atoms in total. The standard InChI is InChI=1S/C12H25N3/c13-11-12(14-7-3-1-4-8-14)15-9-5-2-6-10-15/h12H,1-11,13H2. The minimum absolute atomic E-state index is 0.533. The number of hydrogen-bond donors (Lipinski definition) is 1. The molecule has 0 atom stereocenters. The van der Waals surface area contributed by atoms with E-state index in [0.29, 0.717) is 6.17 Å². The maximum Gasteiger partial charge on any atom is 0.0748 e. The summed E-state index contributed by atoms with van der Waals surface area (Å²) in [6.07, 6.45) is 8.82. The van der Waals surface area contributed by atoms with Crippen molar-refractivity contribution < 1.29 is 0 Å². The molecule has 2 N–H and O–H groups in total. The normalized spacial score (nSPS) is 26.0. The van der Waals surface area contributed by atoms with Gasteiger partial charge in [-0.3, -0.25) is 9.80 Å². The molecule has 88 valence electrons. The molecule has 0 bridgehead atoms. The molecule has 0 unspecified atom stereocenters. The Morgan fingerprint density at radius 2 is 1.13 bits per heavy atom. The number of piperidine rings is 2. The summed E-state index contributed by atoms with van der Waals surface area (Å²) in [6.45, 7) is 5.85. The zero-order chi connectivity index (χ0) is 10.5. The highest BCUT2D eigenvalue weighted by Gasteiger charge is 2.25. The van der Waals surface area contributed by atoms with Crippen molar-refractivity contribution in [3.8, 4) is 0 Å². The Balaban J connectivity index is 1.88. The van der Waals surface area contributed by atoms with Gasteiger partial charge in [-0.15, -0.1) is 0 Å². The van der Waals surface area contributed by atoms with Crippen molar-refractivity contribution in [3.63, 3.8) is 0 Å². The van der Waals surface area contributed by atoms with Crippen molar-refractivity contribution in [1.82, 2.24) is 9.80 Å². The molecule has 15 heavy (non-hydrogen) atoms. The van der Waals surface area contributed by atoms with E-state index in [-0.39, 0.29) is 0 Å². The van der Waals surface area contributed by atoms with Crippen LogP contribution >= 0.6 is 0 Å². The molecule has 2 rings (SSSR count). The molecule has 2 saturated heterocycles. The van der Waals surface area contributed by atoms with Crippen LogP contribution in [-0.4, -0.2) is 48.7 Å².